The van der Waals surface area contributed by atoms with E-state index < -0.39 is 27.1 Å². The molecule has 3 rings (SSSR count). The van der Waals surface area contributed by atoms with Crippen LogP contribution < -0.4 is 0 Å². The third-order valence-corrected chi connectivity index (χ3v) is 9.72. The minimum absolute atomic E-state index is 0.0230. The van der Waals surface area contributed by atoms with Gasteiger partial charge in [0.15, 0.2) is 22.1 Å². The minimum Gasteiger partial charge on any atom is -0.393 e. The van der Waals surface area contributed by atoms with Crippen LogP contribution in [0.1, 0.15) is 48.3 Å². The van der Waals surface area contributed by atoms with Gasteiger partial charge in [-0.3, -0.25) is 9.13 Å². The summed E-state index contributed by atoms with van der Waals surface area (Å²) in [6, 6.07) is 15.7. The molecule has 2 aromatic rings. The maximum Gasteiger partial charge on any atom is 0.181 e. The molecule has 0 radical (unpaired) electrons. The first-order chi connectivity index (χ1) is 15.7. The Morgan fingerprint density at radius 3 is 1.85 bits per heavy atom. The molecule has 2 N–H and O–H groups in total. The summed E-state index contributed by atoms with van der Waals surface area (Å²) in [5, 5.41) is 18.1. The maximum absolute atomic E-state index is 10.7. The zero-order chi connectivity index (χ0) is 24.4. The lowest BCUT2D eigenvalue weighted by Crippen LogP contribution is -2.19. The van der Waals surface area contributed by atoms with E-state index in [4.69, 9.17) is 14.6 Å². The fourth-order valence-electron chi connectivity index (χ4n) is 3.23. The van der Waals surface area contributed by atoms with E-state index >= 15 is 0 Å². The summed E-state index contributed by atoms with van der Waals surface area (Å²) in [6.07, 6.45) is 0.930. The Labute approximate surface area is 201 Å². The topological polar surface area (TPSA) is 93.1 Å². The molecule has 33 heavy (non-hydrogen) atoms. The average molecular weight is 528 g/mol. The van der Waals surface area contributed by atoms with Crippen LogP contribution in [0.4, 0.5) is 0 Å². The van der Waals surface area contributed by atoms with Crippen molar-refractivity contribution in [2.75, 3.05) is 26.5 Å². The van der Waals surface area contributed by atoms with Crippen molar-refractivity contribution in [2.45, 2.75) is 44.2 Å². The van der Waals surface area contributed by atoms with Crippen LogP contribution in [0.15, 0.2) is 48.5 Å². The van der Waals surface area contributed by atoms with Crippen LogP contribution in [-0.2, 0) is 30.9 Å². The molecule has 0 aliphatic carbocycles. The Morgan fingerprint density at radius 2 is 1.45 bits per heavy atom. The van der Waals surface area contributed by atoms with Crippen LogP contribution in [0.2, 0.25) is 0 Å². The van der Waals surface area contributed by atoms with Crippen LogP contribution in [0, 0.1) is 0 Å². The minimum atomic E-state index is -0.806. The van der Waals surface area contributed by atoms with Crippen molar-refractivity contribution in [2.24, 2.45) is 0 Å². The molecule has 6 nitrogen and oxygen atoms in total. The van der Waals surface area contributed by atoms with Gasteiger partial charge in [-0.2, -0.15) is 0 Å². The van der Waals surface area contributed by atoms with Crippen molar-refractivity contribution in [3.63, 3.8) is 0 Å². The largest absolute Gasteiger partial charge is 0.393 e. The van der Waals surface area contributed by atoms with Crippen molar-refractivity contribution in [3.05, 3.63) is 70.8 Å². The molecule has 1 aliphatic heterocycles. The van der Waals surface area contributed by atoms with Crippen LogP contribution in [0.25, 0.3) is 0 Å². The Bertz CT molecular complexity index is 876. The molecule has 0 aromatic heterocycles. The second-order valence-electron chi connectivity index (χ2n) is 8.29. The summed E-state index contributed by atoms with van der Waals surface area (Å²) in [5.74, 6) is -0.484. The van der Waals surface area contributed by atoms with Gasteiger partial charge in [0, 0.05) is 12.3 Å². The highest BCUT2D eigenvalue weighted by atomic mass is 32.0. The summed E-state index contributed by atoms with van der Waals surface area (Å²) in [7, 11) is -0.419. The van der Waals surface area contributed by atoms with E-state index in [-0.39, 0.29) is 29.0 Å². The van der Waals surface area contributed by atoms with Crippen molar-refractivity contribution in [3.8, 4) is 0 Å². The van der Waals surface area contributed by atoms with Crippen molar-refractivity contribution >= 4 is 31.5 Å². The Hall–Kier alpha value is -0.660. The Morgan fingerprint density at radius 1 is 0.970 bits per heavy atom. The molecule has 3 unspecified atom stereocenters. The maximum atomic E-state index is 10.7. The molecule has 2 aromatic carbocycles. The molecule has 180 valence electrons. The first-order valence-electron chi connectivity index (χ1n) is 10.5. The molecule has 0 bridgehead atoms. The van der Waals surface area contributed by atoms with Crippen molar-refractivity contribution in [1.82, 2.24) is 0 Å². The number of ether oxygens (including phenoxy) is 2. The van der Waals surface area contributed by atoms with Gasteiger partial charge in [0.2, 0.25) is 0 Å². The lowest BCUT2D eigenvalue weighted by molar-refractivity contribution is -0.139. The zero-order valence-electron chi connectivity index (χ0n) is 19.4. The van der Waals surface area contributed by atoms with Crippen molar-refractivity contribution in [1.29, 1.82) is 0 Å². The van der Waals surface area contributed by atoms with Gasteiger partial charge in [-0.15, -0.1) is 0 Å². The predicted molar refractivity (Wildman–Crippen MR) is 137 cm³/mol. The fourth-order valence-corrected chi connectivity index (χ4v) is 6.15. The lowest BCUT2D eigenvalue weighted by atomic mass is 10.1. The molecule has 1 fully saturated rings. The third-order valence-electron chi connectivity index (χ3n) is 5.00. The lowest BCUT2D eigenvalue weighted by Gasteiger charge is -2.17. The van der Waals surface area contributed by atoms with E-state index in [1.807, 2.05) is 39.3 Å². The monoisotopic (exact) mass is 528 g/mol. The highest BCUT2D eigenvalue weighted by Gasteiger charge is 2.33. The number of benzene rings is 2. The van der Waals surface area contributed by atoms with E-state index in [9.17, 15) is 14.2 Å². The van der Waals surface area contributed by atoms with Gasteiger partial charge in [-0.1, -0.05) is 48.5 Å². The molecule has 0 amide bonds. The normalized spacial score (nSPS) is 20.1. The van der Waals surface area contributed by atoms with Gasteiger partial charge in [0.1, 0.15) is 12.2 Å². The molecule has 0 spiro atoms. The molecular weight excluding hydrogens is 496 g/mol. The molecule has 10 heteroatoms. The van der Waals surface area contributed by atoms with Crippen LogP contribution in [0.5, 0.6) is 0 Å². The van der Waals surface area contributed by atoms with Crippen molar-refractivity contribution < 1.29 is 28.8 Å². The quantitative estimate of drug-likeness (QED) is 0.346. The van der Waals surface area contributed by atoms with E-state index in [0.717, 1.165) is 23.5 Å². The summed E-state index contributed by atoms with van der Waals surface area (Å²) in [6.45, 7) is 8.21. The molecule has 1 heterocycles. The zero-order valence-corrected chi connectivity index (χ0v) is 23.0. The van der Waals surface area contributed by atoms with Gasteiger partial charge in [0.25, 0.3) is 0 Å². The van der Waals surface area contributed by atoms with Gasteiger partial charge in [-0.05, 0) is 64.7 Å². The number of aliphatic hydroxyl groups is 2. The van der Waals surface area contributed by atoms with Gasteiger partial charge < -0.3 is 19.7 Å². The van der Waals surface area contributed by atoms with Crippen LogP contribution >= 0.6 is 31.5 Å². The van der Waals surface area contributed by atoms with Crippen LogP contribution in [0.3, 0.4) is 0 Å². The first-order valence-corrected chi connectivity index (χ1v) is 17.5. The molecule has 0 saturated carbocycles. The SMILES string of the molecule is CP(Cc1ccc(C2COC(C)(C)O2)cc1)P=O.CP(Cc1ccc([C@@H](O)CO)cc1)P=O. The number of rotatable bonds is 9. The first kappa shape index (κ1) is 28.6. The van der Waals surface area contributed by atoms with E-state index in [0.29, 0.717) is 12.2 Å². The smallest absolute Gasteiger partial charge is 0.181 e. The highest BCUT2D eigenvalue weighted by Crippen LogP contribution is 2.48. The third kappa shape index (κ3) is 9.85. The number of hydrogen-bond donors (Lipinski definition) is 2. The standard InChI is InChI=1S/C13H18O3P2.C10H14O3P2/c1-13(2)15-8-12(16-13)11-6-4-10(5-7-11)9-18(3)17-14;1-15(14-13)7-8-2-4-9(5-3-8)10(12)6-11/h4-7,12H,8-9H2,1-3H3;2-5,10-12H,6-7H2,1H3/t;10-,15?/m.0/s1. The predicted octanol–water partition coefficient (Wildman–Crippen LogP) is 6.86. The average Bonchev–Trinajstić information content (AvgIpc) is 3.19. The van der Waals surface area contributed by atoms with E-state index in [2.05, 4.69) is 24.3 Å². The Kier molecular flexibility index (Phi) is 12.2. The second kappa shape index (κ2) is 14.0. The molecule has 4 atom stereocenters. The second-order valence-corrected chi connectivity index (χ2v) is 17.0. The van der Waals surface area contributed by atoms with Gasteiger partial charge in [-0.25, -0.2) is 0 Å². The highest BCUT2D eigenvalue weighted by molar-refractivity contribution is 8.15. The summed E-state index contributed by atoms with van der Waals surface area (Å²) in [5.41, 5.74) is 4.19. The molecule has 1 aliphatic rings. The number of hydrogen-bond acceptors (Lipinski definition) is 6. The van der Waals surface area contributed by atoms with Gasteiger partial charge in [0.05, 0.1) is 13.2 Å². The fraction of sp³-hybridized carbons (Fsp3) is 0.478. The van der Waals surface area contributed by atoms with E-state index in [1.165, 1.54) is 5.56 Å². The molecule has 1 saturated heterocycles. The van der Waals surface area contributed by atoms with E-state index in [1.54, 1.807) is 12.1 Å². The summed E-state index contributed by atoms with van der Waals surface area (Å²) in [4.78, 5) is 0. The summed E-state index contributed by atoms with van der Waals surface area (Å²) < 4.78 is 32.7. The number of aliphatic hydroxyl groups excluding tert-OH is 2. The van der Waals surface area contributed by atoms with Gasteiger partial charge >= 0.3 is 0 Å². The Balaban J connectivity index is 0.000000238. The summed E-state index contributed by atoms with van der Waals surface area (Å²) >= 11 is 0. The molecular formula is C23H32O6P4. The van der Waals surface area contributed by atoms with Crippen LogP contribution in [-0.4, -0.2) is 42.5 Å².